The molecule has 0 aromatic heterocycles. The number of hydrazone groups is 1. The number of nitro groups is 1. The van der Waals surface area contributed by atoms with E-state index in [9.17, 15) is 10.1 Å². The van der Waals surface area contributed by atoms with Crippen LogP contribution >= 0.6 is 15.9 Å². The van der Waals surface area contributed by atoms with Crippen LogP contribution in [0.3, 0.4) is 0 Å². The van der Waals surface area contributed by atoms with Crippen LogP contribution in [0.15, 0.2) is 94.5 Å². The van der Waals surface area contributed by atoms with Gasteiger partial charge in [0, 0.05) is 41.1 Å². The standard InChI is InChI=1S/C27H20BrN3O3/c1-27(20-8-11-22(12-9-20)31(32)33)30-25(23-15-21(28)10-13-26(23)34-27)16-24(29-30)19-7-6-17-4-2-3-5-18(17)14-19/h2-15,25H,16H2,1H3. The highest BCUT2D eigenvalue weighted by atomic mass is 79.9. The Balaban J connectivity index is 1.48. The molecule has 0 radical (unpaired) electrons. The van der Waals surface area contributed by atoms with Crippen LogP contribution in [0.5, 0.6) is 5.75 Å². The van der Waals surface area contributed by atoms with E-state index in [0.717, 1.165) is 39.0 Å². The molecule has 4 aromatic carbocycles. The van der Waals surface area contributed by atoms with Crippen molar-refractivity contribution in [2.45, 2.75) is 25.1 Å². The number of fused-ring (bicyclic) bond motifs is 4. The third kappa shape index (κ3) is 3.27. The third-order valence-electron chi connectivity index (χ3n) is 6.68. The van der Waals surface area contributed by atoms with Gasteiger partial charge < -0.3 is 4.74 Å². The molecule has 7 heteroatoms. The lowest BCUT2D eigenvalue weighted by atomic mass is 9.92. The normalized spacial score (nSPS) is 20.9. The van der Waals surface area contributed by atoms with Crippen LogP contribution in [0.25, 0.3) is 10.8 Å². The maximum absolute atomic E-state index is 11.2. The van der Waals surface area contributed by atoms with E-state index in [1.165, 1.54) is 22.9 Å². The molecule has 0 fully saturated rings. The summed E-state index contributed by atoms with van der Waals surface area (Å²) in [5.74, 6) is 0.792. The van der Waals surface area contributed by atoms with Crippen molar-refractivity contribution in [2.75, 3.05) is 0 Å². The predicted octanol–water partition coefficient (Wildman–Crippen LogP) is 6.93. The van der Waals surface area contributed by atoms with Crippen LogP contribution in [0.4, 0.5) is 5.69 Å². The molecule has 0 aliphatic carbocycles. The molecule has 2 aliphatic heterocycles. The second-order valence-corrected chi connectivity index (χ2v) is 9.66. The minimum Gasteiger partial charge on any atom is -0.462 e. The molecule has 2 unspecified atom stereocenters. The van der Waals surface area contributed by atoms with Crippen molar-refractivity contribution in [1.29, 1.82) is 0 Å². The van der Waals surface area contributed by atoms with Gasteiger partial charge in [-0.3, -0.25) is 10.1 Å². The zero-order valence-electron chi connectivity index (χ0n) is 18.3. The van der Waals surface area contributed by atoms with E-state index in [1.807, 2.05) is 36.2 Å². The van der Waals surface area contributed by atoms with E-state index in [0.29, 0.717) is 0 Å². The van der Waals surface area contributed by atoms with Gasteiger partial charge in [0.25, 0.3) is 5.69 Å². The largest absolute Gasteiger partial charge is 0.462 e. The van der Waals surface area contributed by atoms with Gasteiger partial charge in [0.1, 0.15) is 5.75 Å². The number of hydrogen-bond acceptors (Lipinski definition) is 5. The fourth-order valence-corrected chi connectivity index (χ4v) is 5.28. The van der Waals surface area contributed by atoms with Crippen molar-refractivity contribution in [3.05, 3.63) is 116 Å². The van der Waals surface area contributed by atoms with E-state index in [2.05, 4.69) is 52.3 Å². The summed E-state index contributed by atoms with van der Waals surface area (Å²) in [4.78, 5) is 10.8. The molecule has 0 amide bonds. The molecular formula is C27H20BrN3O3. The van der Waals surface area contributed by atoms with Gasteiger partial charge >= 0.3 is 0 Å². The van der Waals surface area contributed by atoms with Crippen LogP contribution < -0.4 is 4.74 Å². The maximum Gasteiger partial charge on any atom is 0.269 e. The molecule has 0 saturated heterocycles. The summed E-state index contributed by atoms with van der Waals surface area (Å²) in [7, 11) is 0. The van der Waals surface area contributed by atoms with Crippen LogP contribution in [-0.4, -0.2) is 15.6 Å². The Morgan fingerprint density at radius 2 is 1.79 bits per heavy atom. The molecule has 6 rings (SSSR count). The topological polar surface area (TPSA) is 68.0 Å². The van der Waals surface area contributed by atoms with Crippen LogP contribution in [-0.2, 0) is 5.72 Å². The molecule has 2 atom stereocenters. The first-order valence-electron chi connectivity index (χ1n) is 11.0. The SMILES string of the molecule is CC1(c2ccc([N+](=O)[O-])cc2)Oc2ccc(Br)cc2C2CC(c3ccc4ccccc4c3)=NN21. The van der Waals surface area contributed by atoms with Crippen molar-refractivity contribution < 1.29 is 9.66 Å². The number of non-ortho nitro benzene ring substituents is 1. The minimum atomic E-state index is -0.917. The second kappa shape index (κ2) is 7.67. The summed E-state index contributed by atoms with van der Waals surface area (Å²) < 4.78 is 7.54. The first-order valence-corrected chi connectivity index (χ1v) is 11.8. The highest BCUT2D eigenvalue weighted by molar-refractivity contribution is 9.10. The number of nitro benzene ring substituents is 1. The summed E-state index contributed by atoms with van der Waals surface area (Å²) in [5, 5.41) is 20.6. The number of benzene rings is 4. The van der Waals surface area contributed by atoms with E-state index >= 15 is 0 Å². The van der Waals surface area contributed by atoms with Gasteiger partial charge in [-0.05, 0) is 52.7 Å². The van der Waals surface area contributed by atoms with E-state index < -0.39 is 10.6 Å². The summed E-state index contributed by atoms with van der Waals surface area (Å²) in [6.07, 6.45) is 0.730. The third-order valence-corrected chi connectivity index (χ3v) is 7.18. The highest BCUT2D eigenvalue weighted by Crippen LogP contribution is 2.51. The molecule has 4 aromatic rings. The van der Waals surface area contributed by atoms with Gasteiger partial charge in [0.15, 0.2) is 0 Å². The number of halogens is 1. The number of nitrogens with zero attached hydrogens (tertiary/aromatic N) is 3. The van der Waals surface area contributed by atoms with Crippen molar-refractivity contribution in [2.24, 2.45) is 5.10 Å². The lowest BCUT2D eigenvalue weighted by Gasteiger charge is -2.46. The molecule has 0 bridgehead atoms. The Morgan fingerprint density at radius 1 is 1.03 bits per heavy atom. The minimum absolute atomic E-state index is 0.0251. The van der Waals surface area contributed by atoms with Crippen LogP contribution in [0.2, 0.25) is 0 Å². The smallest absolute Gasteiger partial charge is 0.269 e. The molecular weight excluding hydrogens is 494 g/mol. The lowest BCUT2D eigenvalue weighted by Crippen LogP contribution is -2.48. The van der Waals surface area contributed by atoms with Crippen molar-refractivity contribution in [3.8, 4) is 5.75 Å². The second-order valence-electron chi connectivity index (χ2n) is 8.74. The molecule has 2 heterocycles. The molecule has 0 spiro atoms. The first-order chi connectivity index (χ1) is 16.4. The van der Waals surface area contributed by atoms with E-state index in [-0.39, 0.29) is 11.7 Å². The highest BCUT2D eigenvalue weighted by Gasteiger charge is 2.49. The molecule has 0 N–H and O–H groups in total. The van der Waals surface area contributed by atoms with Crippen molar-refractivity contribution in [1.82, 2.24) is 5.01 Å². The Hall–Kier alpha value is -3.71. The average Bonchev–Trinajstić information content (AvgIpc) is 3.31. The monoisotopic (exact) mass is 513 g/mol. The zero-order valence-corrected chi connectivity index (χ0v) is 19.9. The number of rotatable bonds is 3. The number of ether oxygens (including phenoxy) is 1. The molecule has 6 nitrogen and oxygen atoms in total. The quantitative estimate of drug-likeness (QED) is 0.220. The molecule has 0 saturated carbocycles. The fourth-order valence-electron chi connectivity index (χ4n) is 4.91. The Bertz CT molecular complexity index is 1480. The van der Waals surface area contributed by atoms with Gasteiger partial charge in [-0.1, -0.05) is 52.3 Å². The van der Waals surface area contributed by atoms with E-state index in [4.69, 9.17) is 9.84 Å². The number of hydrogen-bond donors (Lipinski definition) is 0. The summed E-state index contributed by atoms with van der Waals surface area (Å²) in [6.45, 7) is 1.97. The summed E-state index contributed by atoms with van der Waals surface area (Å²) >= 11 is 3.59. The predicted molar refractivity (Wildman–Crippen MR) is 135 cm³/mol. The van der Waals surface area contributed by atoms with Gasteiger partial charge in [-0.2, -0.15) is 5.10 Å². The Kier molecular flexibility index (Phi) is 4.71. The van der Waals surface area contributed by atoms with Gasteiger partial charge in [0.05, 0.1) is 16.7 Å². The van der Waals surface area contributed by atoms with Crippen LogP contribution in [0.1, 0.15) is 36.1 Å². The maximum atomic E-state index is 11.2. The average molecular weight is 514 g/mol. The van der Waals surface area contributed by atoms with Crippen molar-refractivity contribution in [3.63, 3.8) is 0 Å². The fraction of sp³-hybridized carbons (Fsp3) is 0.148. The summed E-state index contributed by atoms with van der Waals surface area (Å²) in [5.41, 5.74) is 3.06. The zero-order chi connectivity index (χ0) is 23.4. The summed E-state index contributed by atoms with van der Waals surface area (Å²) in [6, 6.07) is 27.2. The van der Waals surface area contributed by atoms with E-state index in [1.54, 1.807) is 12.1 Å². The first kappa shape index (κ1) is 20.9. The van der Waals surface area contributed by atoms with Gasteiger partial charge in [0.2, 0.25) is 5.72 Å². The van der Waals surface area contributed by atoms with Gasteiger partial charge in [-0.25, -0.2) is 5.01 Å². The van der Waals surface area contributed by atoms with Gasteiger partial charge in [-0.15, -0.1) is 0 Å². The van der Waals surface area contributed by atoms with Crippen molar-refractivity contribution >= 4 is 38.1 Å². The lowest BCUT2D eigenvalue weighted by molar-refractivity contribution is -0.384. The molecule has 2 aliphatic rings. The Labute approximate surface area is 204 Å². The molecule has 34 heavy (non-hydrogen) atoms. The van der Waals surface area contributed by atoms with Crippen LogP contribution in [0, 0.1) is 10.1 Å². The molecule has 168 valence electrons. The Morgan fingerprint density at radius 3 is 2.56 bits per heavy atom.